The van der Waals surface area contributed by atoms with E-state index in [9.17, 15) is 4.79 Å². The van der Waals surface area contributed by atoms with Crippen molar-refractivity contribution in [3.8, 4) is 0 Å². The molecule has 90 valence electrons. The molecule has 0 unspecified atom stereocenters. The lowest BCUT2D eigenvalue weighted by Crippen LogP contribution is -2.08. The Morgan fingerprint density at radius 1 is 1.38 bits per heavy atom. The Bertz CT molecular complexity index is 365. The monoisotopic (exact) mass is 242 g/mol. The lowest BCUT2D eigenvalue weighted by Gasteiger charge is -2.01. The molecule has 1 rings (SSSR count). The summed E-state index contributed by atoms with van der Waals surface area (Å²) in [5.41, 5.74) is 0.668. The summed E-state index contributed by atoms with van der Waals surface area (Å²) in [5, 5.41) is 9.31. The second-order valence-corrected chi connectivity index (χ2v) is 4.76. The molecule has 0 spiro atoms. The number of aliphatic hydroxyl groups excluding tert-OH is 1. The Hall–Kier alpha value is -0.810. The van der Waals surface area contributed by atoms with Crippen molar-refractivity contribution in [2.24, 2.45) is 0 Å². The van der Waals surface area contributed by atoms with Gasteiger partial charge in [0.05, 0.1) is 0 Å². The van der Waals surface area contributed by atoms with Gasteiger partial charge in [-0.25, -0.2) is 4.98 Å². The van der Waals surface area contributed by atoms with Gasteiger partial charge in [0.15, 0.2) is 5.16 Å². The first-order chi connectivity index (χ1) is 7.72. The van der Waals surface area contributed by atoms with Crippen molar-refractivity contribution < 1.29 is 5.11 Å². The van der Waals surface area contributed by atoms with E-state index in [0.29, 0.717) is 5.16 Å². The van der Waals surface area contributed by atoms with Gasteiger partial charge in [-0.3, -0.25) is 4.79 Å². The van der Waals surface area contributed by atoms with E-state index in [4.69, 9.17) is 5.11 Å². The van der Waals surface area contributed by atoms with Gasteiger partial charge in [0.2, 0.25) is 0 Å². The summed E-state index contributed by atoms with van der Waals surface area (Å²) < 4.78 is 0. The lowest BCUT2D eigenvalue weighted by atomic mass is 10.2. The molecule has 4 nitrogen and oxygen atoms in total. The number of nitrogens with one attached hydrogen (secondary N) is 1. The van der Waals surface area contributed by atoms with Gasteiger partial charge in [-0.2, -0.15) is 0 Å². The van der Waals surface area contributed by atoms with Crippen molar-refractivity contribution in [3.05, 3.63) is 22.1 Å². The summed E-state index contributed by atoms with van der Waals surface area (Å²) in [6, 6.07) is 1.49. The third-order valence-electron chi connectivity index (χ3n) is 2.14. The molecule has 1 aromatic rings. The van der Waals surface area contributed by atoms with Crippen molar-refractivity contribution in [3.63, 3.8) is 0 Å². The Labute approximate surface area is 99.5 Å². The second kappa shape index (κ2) is 7.46. The molecule has 0 radical (unpaired) electrons. The highest BCUT2D eigenvalue weighted by atomic mass is 32.2. The minimum absolute atomic E-state index is 0.0877. The highest BCUT2D eigenvalue weighted by molar-refractivity contribution is 7.99. The van der Waals surface area contributed by atoms with Crippen LogP contribution in [0.2, 0.25) is 0 Å². The molecule has 0 saturated heterocycles. The van der Waals surface area contributed by atoms with E-state index in [1.165, 1.54) is 6.07 Å². The van der Waals surface area contributed by atoms with E-state index in [0.717, 1.165) is 37.1 Å². The van der Waals surface area contributed by atoms with Gasteiger partial charge in [-0.1, -0.05) is 24.6 Å². The summed E-state index contributed by atoms with van der Waals surface area (Å²) in [6.45, 7) is 2.10. The Kier molecular flexibility index (Phi) is 6.18. The van der Waals surface area contributed by atoms with Crippen molar-refractivity contribution in [2.45, 2.75) is 37.8 Å². The molecule has 0 amide bonds. The average molecular weight is 242 g/mol. The van der Waals surface area contributed by atoms with Crippen LogP contribution < -0.4 is 5.56 Å². The van der Waals surface area contributed by atoms with Gasteiger partial charge in [0.1, 0.15) is 0 Å². The van der Waals surface area contributed by atoms with Crippen LogP contribution in [-0.4, -0.2) is 27.4 Å². The SMILES string of the molecule is Cc1cc(=O)[nH]c(SCCCCCCO)n1. The first kappa shape index (κ1) is 13.3. The molecule has 1 aromatic heterocycles. The number of rotatable bonds is 7. The number of nitrogens with zero attached hydrogens (tertiary/aromatic N) is 1. The Balaban J connectivity index is 2.24. The van der Waals surface area contributed by atoms with Crippen LogP contribution in [0.1, 0.15) is 31.4 Å². The van der Waals surface area contributed by atoms with Crippen LogP contribution in [0, 0.1) is 6.92 Å². The second-order valence-electron chi connectivity index (χ2n) is 3.68. The smallest absolute Gasteiger partial charge is 0.251 e. The number of H-pyrrole nitrogens is 1. The first-order valence-electron chi connectivity index (χ1n) is 5.54. The molecule has 0 aromatic carbocycles. The molecular weight excluding hydrogens is 224 g/mol. The number of hydrogen-bond acceptors (Lipinski definition) is 4. The molecule has 0 aliphatic carbocycles. The van der Waals surface area contributed by atoms with Gasteiger partial charge in [0, 0.05) is 24.1 Å². The predicted molar refractivity (Wildman–Crippen MR) is 65.9 cm³/mol. The molecule has 0 aliphatic heterocycles. The molecule has 1 heterocycles. The van der Waals surface area contributed by atoms with Gasteiger partial charge in [-0.05, 0) is 19.8 Å². The molecule has 2 N–H and O–H groups in total. The van der Waals surface area contributed by atoms with E-state index in [1.807, 2.05) is 6.92 Å². The third-order valence-corrected chi connectivity index (χ3v) is 3.10. The molecule has 16 heavy (non-hydrogen) atoms. The van der Waals surface area contributed by atoms with Crippen LogP contribution >= 0.6 is 11.8 Å². The third kappa shape index (κ3) is 5.32. The minimum Gasteiger partial charge on any atom is -0.396 e. The number of aromatic amines is 1. The standard InChI is InChI=1S/C11H18N2O2S/c1-9-8-10(15)13-11(12-9)16-7-5-3-2-4-6-14/h8,14H,2-7H2,1H3,(H,12,13,15). The highest BCUT2D eigenvalue weighted by Crippen LogP contribution is 2.14. The minimum atomic E-state index is -0.0877. The van der Waals surface area contributed by atoms with Gasteiger partial charge in [0.25, 0.3) is 5.56 Å². The molecular formula is C11H18N2O2S. The molecule has 0 atom stereocenters. The normalized spacial score (nSPS) is 10.6. The number of thioether (sulfide) groups is 1. The van der Waals surface area contributed by atoms with E-state index < -0.39 is 0 Å². The van der Waals surface area contributed by atoms with E-state index in [2.05, 4.69) is 9.97 Å². The summed E-state index contributed by atoms with van der Waals surface area (Å²) in [6.07, 6.45) is 4.14. The molecule has 0 fully saturated rings. The maximum absolute atomic E-state index is 11.1. The van der Waals surface area contributed by atoms with Crippen LogP contribution in [0.4, 0.5) is 0 Å². The summed E-state index contributed by atoms with van der Waals surface area (Å²) >= 11 is 1.58. The zero-order valence-electron chi connectivity index (χ0n) is 9.53. The highest BCUT2D eigenvalue weighted by Gasteiger charge is 1.98. The van der Waals surface area contributed by atoms with Gasteiger partial charge >= 0.3 is 0 Å². The van der Waals surface area contributed by atoms with Gasteiger partial charge < -0.3 is 10.1 Å². The first-order valence-corrected chi connectivity index (χ1v) is 6.52. The molecule has 0 saturated carbocycles. The number of hydrogen-bond donors (Lipinski definition) is 2. The van der Waals surface area contributed by atoms with Crippen molar-refractivity contribution >= 4 is 11.8 Å². The molecule has 5 heteroatoms. The van der Waals surface area contributed by atoms with Crippen LogP contribution in [-0.2, 0) is 0 Å². The van der Waals surface area contributed by atoms with Crippen LogP contribution in [0.25, 0.3) is 0 Å². The lowest BCUT2D eigenvalue weighted by molar-refractivity contribution is 0.283. The fourth-order valence-corrected chi connectivity index (χ4v) is 2.28. The topological polar surface area (TPSA) is 66.0 Å². The number of aryl methyl sites for hydroxylation is 1. The summed E-state index contributed by atoms with van der Waals surface area (Å²) in [7, 11) is 0. The molecule has 0 bridgehead atoms. The van der Waals surface area contributed by atoms with E-state index in [1.54, 1.807) is 11.8 Å². The Morgan fingerprint density at radius 3 is 2.81 bits per heavy atom. The summed E-state index contributed by atoms with van der Waals surface area (Å²) in [5.74, 6) is 0.956. The maximum Gasteiger partial charge on any atom is 0.251 e. The van der Waals surface area contributed by atoms with Crippen LogP contribution in [0.5, 0.6) is 0 Å². The van der Waals surface area contributed by atoms with E-state index >= 15 is 0 Å². The zero-order valence-corrected chi connectivity index (χ0v) is 10.3. The van der Waals surface area contributed by atoms with Crippen molar-refractivity contribution in [1.82, 2.24) is 9.97 Å². The fourth-order valence-electron chi connectivity index (χ4n) is 1.36. The number of aromatic nitrogens is 2. The predicted octanol–water partition coefficient (Wildman–Crippen LogP) is 1.72. The van der Waals surface area contributed by atoms with Crippen molar-refractivity contribution in [1.29, 1.82) is 0 Å². The van der Waals surface area contributed by atoms with Crippen LogP contribution in [0.15, 0.2) is 16.0 Å². The molecule has 0 aliphatic rings. The number of unbranched alkanes of at least 4 members (excludes halogenated alkanes) is 3. The largest absolute Gasteiger partial charge is 0.396 e. The summed E-state index contributed by atoms with van der Waals surface area (Å²) in [4.78, 5) is 18.1. The number of aliphatic hydroxyl groups is 1. The van der Waals surface area contributed by atoms with Crippen LogP contribution in [0.3, 0.4) is 0 Å². The maximum atomic E-state index is 11.1. The zero-order chi connectivity index (χ0) is 11.8. The Morgan fingerprint density at radius 2 is 2.12 bits per heavy atom. The van der Waals surface area contributed by atoms with E-state index in [-0.39, 0.29) is 12.2 Å². The van der Waals surface area contributed by atoms with Crippen molar-refractivity contribution in [2.75, 3.05) is 12.4 Å². The van der Waals surface area contributed by atoms with Gasteiger partial charge in [-0.15, -0.1) is 0 Å². The quantitative estimate of drug-likeness (QED) is 0.434. The average Bonchev–Trinajstić information content (AvgIpc) is 2.22. The fraction of sp³-hybridized carbons (Fsp3) is 0.636.